The van der Waals surface area contributed by atoms with E-state index in [2.05, 4.69) is 5.10 Å². The number of hydrogen-bond donors (Lipinski definition) is 0. The Hall–Kier alpha value is -3.50. The van der Waals surface area contributed by atoms with E-state index in [1.807, 2.05) is 0 Å². The van der Waals surface area contributed by atoms with Crippen molar-refractivity contribution in [3.63, 3.8) is 0 Å². The van der Waals surface area contributed by atoms with Crippen molar-refractivity contribution in [2.24, 2.45) is 0 Å². The number of non-ortho nitro benzene ring substituents is 1. The second-order valence-electron chi connectivity index (χ2n) is 6.29. The zero-order valence-corrected chi connectivity index (χ0v) is 17.0. The first-order valence-electron chi connectivity index (χ1n) is 9.40. The van der Waals surface area contributed by atoms with Crippen LogP contribution in [0.4, 0.5) is 5.69 Å². The second-order valence-corrected chi connectivity index (χ2v) is 6.29. The van der Waals surface area contributed by atoms with Gasteiger partial charge in [-0.05, 0) is 26.8 Å². The molecule has 0 unspecified atom stereocenters. The number of aromatic nitrogens is 2. The summed E-state index contributed by atoms with van der Waals surface area (Å²) in [5, 5.41) is 15.7. The van der Waals surface area contributed by atoms with Crippen LogP contribution in [0.25, 0.3) is 10.9 Å². The SMILES string of the molecule is CCOC(=O)CC(CC(=O)OCC)(C(=O)OCC)n1cc2cc([N+](=O)[O-])ccc2n1. The number of nitro groups is 1. The summed E-state index contributed by atoms with van der Waals surface area (Å²) in [5.74, 6) is -2.34. The fourth-order valence-corrected chi connectivity index (χ4v) is 2.98. The molecule has 0 radical (unpaired) electrons. The van der Waals surface area contributed by atoms with Crippen LogP contribution in [-0.2, 0) is 34.1 Å². The van der Waals surface area contributed by atoms with Gasteiger partial charge in [-0.1, -0.05) is 0 Å². The van der Waals surface area contributed by atoms with E-state index >= 15 is 0 Å². The summed E-state index contributed by atoms with van der Waals surface area (Å²) in [6.07, 6.45) is 0.293. The highest BCUT2D eigenvalue weighted by Crippen LogP contribution is 2.31. The van der Waals surface area contributed by atoms with E-state index in [1.165, 1.54) is 24.4 Å². The topological polar surface area (TPSA) is 140 Å². The van der Waals surface area contributed by atoms with Gasteiger partial charge in [0.15, 0.2) is 5.54 Å². The molecule has 162 valence electrons. The Morgan fingerprint density at radius 1 is 1.03 bits per heavy atom. The van der Waals surface area contributed by atoms with Crippen LogP contribution in [0.3, 0.4) is 0 Å². The molecule has 0 aliphatic carbocycles. The highest BCUT2D eigenvalue weighted by atomic mass is 16.6. The Labute approximate surface area is 172 Å². The van der Waals surface area contributed by atoms with Crippen LogP contribution in [0.5, 0.6) is 0 Å². The third kappa shape index (κ3) is 4.91. The van der Waals surface area contributed by atoms with Crippen molar-refractivity contribution in [3.8, 4) is 0 Å². The molecule has 0 atom stereocenters. The molecule has 0 amide bonds. The minimum absolute atomic E-state index is 0.00149. The largest absolute Gasteiger partial charge is 0.466 e. The summed E-state index contributed by atoms with van der Waals surface area (Å²) < 4.78 is 16.3. The van der Waals surface area contributed by atoms with Gasteiger partial charge in [0.1, 0.15) is 0 Å². The fraction of sp³-hybridized carbons (Fsp3) is 0.474. The molecular weight excluding hydrogens is 398 g/mol. The maximum absolute atomic E-state index is 13.0. The van der Waals surface area contributed by atoms with Gasteiger partial charge < -0.3 is 14.2 Å². The lowest BCUT2D eigenvalue weighted by atomic mass is 9.91. The summed E-state index contributed by atoms with van der Waals surface area (Å²) in [6.45, 7) is 4.95. The monoisotopic (exact) mass is 421 g/mol. The number of nitro benzene ring substituents is 1. The van der Waals surface area contributed by atoms with Crippen LogP contribution >= 0.6 is 0 Å². The normalized spacial score (nSPS) is 11.2. The summed E-state index contributed by atoms with van der Waals surface area (Å²) in [6, 6.07) is 3.96. The van der Waals surface area contributed by atoms with Crippen LogP contribution in [0.15, 0.2) is 24.4 Å². The van der Waals surface area contributed by atoms with Crippen LogP contribution in [-0.4, -0.2) is 52.4 Å². The summed E-state index contributed by atoms with van der Waals surface area (Å²) in [5.41, 5.74) is -1.70. The minimum Gasteiger partial charge on any atom is -0.466 e. The Bertz CT molecular complexity index is 932. The molecule has 11 heteroatoms. The van der Waals surface area contributed by atoms with Crippen molar-refractivity contribution in [1.29, 1.82) is 0 Å². The predicted molar refractivity (Wildman–Crippen MR) is 103 cm³/mol. The first-order valence-corrected chi connectivity index (χ1v) is 9.40. The molecule has 30 heavy (non-hydrogen) atoms. The van der Waals surface area contributed by atoms with Gasteiger partial charge in [-0.15, -0.1) is 0 Å². The van der Waals surface area contributed by atoms with Crippen molar-refractivity contribution in [3.05, 3.63) is 34.5 Å². The molecule has 0 saturated carbocycles. The molecular formula is C19H23N3O8. The number of carbonyl (C=O) groups is 3. The van der Waals surface area contributed by atoms with Crippen LogP contribution in [0.2, 0.25) is 0 Å². The fourth-order valence-electron chi connectivity index (χ4n) is 2.98. The predicted octanol–water partition coefficient (Wildman–Crippen LogP) is 2.11. The molecule has 1 aromatic heterocycles. The van der Waals surface area contributed by atoms with Crippen molar-refractivity contribution in [2.45, 2.75) is 39.2 Å². The van der Waals surface area contributed by atoms with Gasteiger partial charge in [-0.2, -0.15) is 5.10 Å². The van der Waals surface area contributed by atoms with Crippen LogP contribution < -0.4 is 0 Å². The zero-order chi connectivity index (χ0) is 22.3. The smallest absolute Gasteiger partial charge is 0.335 e. The van der Waals surface area contributed by atoms with Gasteiger partial charge in [0.2, 0.25) is 0 Å². The number of carbonyl (C=O) groups excluding carboxylic acids is 3. The van der Waals surface area contributed by atoms with Crippen molar-refractivity contribution < 1.29 is 33.5 Å². The van der Waals surface area contributed by atoms with E-state index < -0.39 is 41.2 Å². The number of ether oxygens (including phenoxy) is 3. The molecule has 11 nitrogen and oxygen atoms in total. The van der Waals surface area contributed by atoms with Crippen molar-refractivity contribution in [2.75, 3.05) is 19.8 Å². The summed E-state index contributed by atoms with van der Waals surface area (Å²) in [4.78, 5) is 48.1. The molecule has 0 spiro atoms. The first kappa shape index (κ1) is 22.8. The average Bonchev–Trinajstić information content (AvgIpc) is 3.11. The van der Waals surface area contributed by atoms with E-state index in [0.717, 1.165) is 4.68 Å². The lowest BCUT2D eigenvalue weighted by molar-refractivity contribution is -0.384. The Kier molecular flexibility index (Phi) is 7.45. The zero-order valence-electron chi connectivity index (χ0n) is 17.0. The van der Waals surface area contributed by atoms with Gasteiger partial charge in [0.05, 0.1) is 43.1 Å². The lowest BCUT2D eigenvalue weighted by Gasteiger charge is -2.30. The van der Waals surface area contributed by atoms with E-state index in [0.29, 0.717) is 10.9 Å². The minimum atomic E-state index is -1.87. The molecule has 0 aliphatic heterocycles. The van der Waals surface area contributed by atoms with Gasteiger partial charge in [0.25, 0.3) is 5.69 Å². The van der Waals surface area contributed by atoms with E-state index in [9.17, 15) is 24.5 Å². The number of benzene rings is 1. The van der Waals surface area contributed by atoms with Crippen LogP contribution in [0, 0.1) is 10.1 Å². The van der Waals surface area contributed by atoms with Crippen LogP contribution in [0.1, 0.15) is 33.6 Å². The number of nitrogens with zero attached hydrogens (tertiary/aromatic N) is 3. The summed E-state index contributed by atoms with van der Waals surface area (Å²) >= 11 is 0. The molecule has 2 rings (SSSR count). The molecule has 0 aliphatic rings. The Balaban J connectivity index is 2.65. The standard InChI is InChI=1S/C19H23N3O8/c1-4-28-16(23)10-19(18(25)30-6-3,11-17(24)29-5-2)21-12-13-9-14(22(26)27)7-8-15(13)20-21/h7-9,12H,4-6,10-11H2,1-3H3. The highest BCUT2D eigenvalue weighted by molar-refractivity contribution is 5.90. The molecule has 0 fully saturated rings. The third-order valence-electron chi connectivity index (χ3n) is 4.28. The average molecular weight is 421 g/mol. The molecule has 0 bridgehead atoms. The number of fused-ring (bicyclic) bond motifs is 1. The number of esters is 3. The summed E-state index contributed by atoms with van der Waals surface area (Å²) in [7, 11) is 0. The van der Waals surface area contributed by atoms with E-state index in [1.54, 1.807) is 20.8 Å². The number of rotatable bonds is 10. The Morgan fingerprint density at radius 2 is 1.60 bits per heavy atom. The molecule has 0 N–H and O–H groups in total. The molecule has 1 heterocycles. The number of hydrogen-bond acceptors (Lipinski definition) is 9. The maximum Gasteiger partial charge on any atom is 0.335 e. The second kappa shape index (κ2) is 9.81. The van der Waals surface area contributed by atoms with Gasteiger partial charge in [-0.25, -0.2) is 4.79 Å². The van der Waals surface area contributed by atoms with Crippen molar-refractivity contribution in [1.82, 2.24) is 9.78 Å². The van der Waals surface area contributed by atoms with E-state index in [-0.39, 0.29) is 25.5 Å². The molecule has 2 aromatic rings. The van der Waals surface area contributed by atoms with Gasteiger partial charge in [0, 0.05) is 23.7 Å². The van der Waals surface area contributed by atoms with Crippen molar-refractivity contribution >= 4 is 34.5 Å². The molecule has 1 aromatic carbocycles. The highest BCUT2D eigenvalue weighted by Gasteiger charge is 2.48. The first-order chi connectivity index (χ1) is 14.3. The van der Waals surface area contributed by atoms with Gasteiger partial charge in [-0.3, -0.25) is 24.4 Å². The quantitative estimate of drug-likeness (QED) is 0.244. The van der Waals surface area contributed by atoms with E-state index in [4.69, 9.17) is 14.2 Å². The van der Waals surface area contributed by atoms with Gasteiger partial charge >= 0.3 is 17.9 Å². The Morgan fingerprint density at radius 3 is 2.10 bits per heavy atom. The maximum atomic E-state index is 13.0. The molecule has 0 saturated heterocycles. The third-order valence-corrected chi connectivity index (χ3v) is 4.28. The lowest BCUT2D eigenvalue weighted by Crippen LogP contribution is -2.47.